The first-order valence-corrected chi connectivity index (χ1v) is 9.10. The van der Waals surface area contributed by atoms with E-state index in [-0.39, 0.29) is 12.1 Å². The molecule has 0 fully saturated rings. The van der Waals surface area contributed by atoms with E-state index in [4.69, 9.17) is 0 Å². The highest BCUT2D eigenvalue weighted by molar-refractivity contribution is 5.74. The Hall–Kier alpha value is -3.12. The van der Waals surface area contributed by atoms with E-state index in [1.165, 1.54) is 0 Å². The fourth-order valence-corrected chi connectivity index (χ4v) is 3.47. The number of para-hydroxylation sites is 1. The number of hydrogen-bond donors (Lipinski definition) is 3. The number of nitrogens with zero attached hydrogens (tertiary/aromatic N) is 2. The minimum atomic E-state index is -0.586. The fourth-order valence-electron chi connectivity index (χ4n) is 3.47. The number of amides is 2. The van der Waals surface area contributed by atoms with Gasteiger partial charge < -0.3 is 15.7 Å². The maximum absolute atomic E-state index is 12.2. The molecule has 3 aromatic rings. The minimum Gasteiger partial charge on any atom is -0.390 e. The van der Waals surface area contributed by atoms with E-state index in [0.717, 1.165) is 22.4 Å². The zero-order chi connectivity index (χ0) is 18.6. The molecule has 2 atom stereocenters. The summed E-state index contributed by atoms with van der Waals surface area (Å²) in [5, 5.41) is 20.3. The average Bonchev–Trinajstić information content (AvgIpc) is 3.28. The molecule has 0 aliphatic heterocycles. The van der Waals surface area contributed by atoms with E-state index in [1.54, 1.807) is 0 Å². The number of fused-ring (bicyclic) bond motifs is 1. The van der Waals surface area contributed by atoms with E-state index in [9.17, 15) is 9.90 Å². The van der Waals surface area contributed by atoms with E-state index in [1.807, 2.05) is 71.7 Å². The Morgan fingerprint density at radius 1 is 1.15 bits per heavy atom. The van der Waals surface area contributed by atoms with Gasteiger partial charge in [-0.3, -0.25) is 0 Å². The number of aromatic nitrogens is 2. The first-order valence-electron chi connectivity index (χ1n) is 9.10. The molecule has 6 heteroatoms. The number of nitrogens with one attached hydrogen (secondary N) is 2. The van der Waals surface area contributed by atoms with Gasteiger partial charge in [-0.2, -0.15) is 5.10 Å². The molecular formula is C21H22N4O2. The highest BCUT2D eigenvalue weighted by atomic mass is 16.3. The van der Waals surface area contributed by atoms with Gasteiger partial charge in [-0.1, -0.05) is 42.5 Å². The Labute approximate surface area is 157 Å². The molecule has 4 rings (SSSR count). The van der Waals surface area contributed by atoms with Gasteiger partial charge in [-0.15, -0.1) is 0 Å². The zero-order valence-electron chi connectivity index (χ0n) is 14.9. The zero-order valence-corrected chi connectivity index (χ0v) is 14.9. The lowest BCUT2D eigenvalue weighted by Crippen LogP contribution is -2.41. The third-order valence-corrected chi connectivity index (χ3v) is 4.85. The Balaban J connectivity index is 1.29. The van der Waals surface area contributed by atoms with E-state index >= 15 is 0 Å². The number of urea groups is 1. The van der Waals surface area contributed by atoms with Crippen LogP contribution in [0.25, 0.3) is 5.69 Å². The molecule has 0 bridgehead atoms. The summed E-state index contributed by atoms with van der Waals surface area (Å²) in [4.78, 5) is 12.2. The van der Waals surface area contributed by atoms with Gasteiger partial charge >= 0.3 is 6.03 Å². The SMILES string of the molecule is O=C(NCCc1cnn(-c2ccccc2)c1)N[C@@H]1c2ccccc2C[C@@H]1O. The molecule has 138 valence electrons. The molecule has 0 radical (unpaired) electrons. The van der Waals surface area contributed by atoms with Crippen LogP contribution in [0.3, 0.4) is 0 Å². The molecule has 2 amide bonds. The number of carbonyl (C=O) groups is 1. The van der Waals surface area contributed by atoms with Crippen LogP contribution in [0.5, 0.6) is 0 Å². The first kappa shape index (κ1) is 17.3. The van der Waals surface area contributed by atoms with Crippen molar-refractivity contribution in [3.63, 3.8) is 0 Å². The van der Waals surface area contributed by atoms with Crippen LogP contribution in [0.4, 0.5) is 4.79 Å². The summed E-state index contributed by atoms with van der Waals surface area (Å²) in [6, 6.07) is 17.1. The van der Waals surface area contributed by atoms with Crippen LogP contribution in [0.2, 0.25) is 0 Å². The van der Waals surface area contributed by atoms with Gasteiger partial charge in [-0.25, -0.2) is 9.48 Å². The Morgan fingerprint density at radius 3 is 2.78 bits per heavy atom. The van der Waals surface area contributed by atoms with Crippen LogP contribution in [0, 0.1) is 0 Å². The Morgan fingerprint density at radius 2 is 1.93 bits per heavy atom. The lowest BCUT2D eigenvalue weighted by atomic mass is 10.1. The van der Waals surface area contributed by atoms with Crippen LogP contribution >= 0.6 is 0 Å². The molecule has 1 aromatic heterocycles. The summed E-state index contributed by atoms with van der Waals surface area (Å²) in [6.07, 6.45) is 4.44. The summed E-state index contributed by atoms with van der Waals surface area (Å²) in [5.41, 5.74) is 4.13. The van der Waals surface area contributed by atoms with Gasteiger partial charge in [0, 0.05) is 19.2 Å². The van der Waals surface area contributed by atoms with Crippen LogP contribution < -0.4 is 10.6 Å². The second-order valence-electron chi connectivity index (χ2n) is 6.73. The predicted octanol–water partition coefficient (Wildman–Crippen LogP) is 2.37. The fraction of sp³-hybridized carbons (Fsp3) is 0.238. The molecule has 3 N–H and O–H groups in total. The summed E-state index contributed by atoms with van der Waals surface area (Å²) in [6.45, 7) is 0.497. The van der Waals surface area contributed by atoms with Gasteiger partial charge in [0.15, 0.2) is 0 Å². The number of aliphatic hydroxyl groups is 1. The standard InChI is InChI=1S/C21H22N4O2/c26-19-12-16-6-4-5-9-18(16)20(19)24-21(27)22-11-10-15-13-23-25(14-15)17-7-2-1-3-8-17/h1-9,13-14,19-20,26H,10-12H2,(H2,22,24,27)/t19-,20+/m0/s1. The molecular weight excluding hydrogens is 340 g/mol. The summed E-state index contributed by atoms with van der Waals surface area (Å²) in [5.74, 6) is 0. The summed E-state index contributed by atoms with van der Waals surface area (Å²) in [7, 11) is 0. The second kappa shape index (κ2) is 7.63. The number of rotatable bonds is 5. The first-order chi connectivity index (χ1) is 13.2. The summed E-state index contributed by atoms with van der Waals surface area (Å²) < 4.78 is 1.82. The number of carbonyl (C=O) groups excluding carboxylic acids is 1. The van der Waals surface area contributed by atoms with Crippen molar-refractivity contribution >= 4 is 6.03 Å². The Kier molecular flexibility index (Phi) is 4.89. The van der Waals surface area contributed by atoms with Crippen molar-refractivity contribution in [1.82, 2.24) is 20.4 Å². The van der Waals surface area contributed by atoms with Crippen molar-refractivity contribution in [2.24, 2.45) is 0 Å². The molecule has 0 unspecified atom stereocenters. The molecule has 1 heterocycles. The van der Waals surface area contributed by atoms with Crippen molar-refractivity contribution in [3.8, 4) is 5.69 Å². The predicted molar refractivity (Wildman–Crippen MR) is 103 cm³/mol. The molecule has 2 aromatic carbocycles. The van der Waals surface area contributed by atoms with Gasteiger partial charge in [0.05, 0.1) is 24.0 Å². The average molecular weight is 362 g/mol. The number of aliphatic hydroxyl groups excluding tert-OH is 1. The highest BCUT2D eigenvalue weighted by Gasteiger charge is 2.31. The summed E-state index contributed by atoms with van der Waals surface area (Å²) >= 11 is 0. The van der Waals surface area contributed by atoms with Crippen molar-refractivity contribution in [2.75, 3.05) is 6.54 Å². The molecule has 1 aliphatic carbocycles. The maximum atomic E-state index is 12.2. The van der Waals surface area contributed by atoms with Crippen molar-refractivity contribution in [3.05, 3.63) is 83.7 Å². The van der Waals surface area contributed by atoms with Crippen molar-refractivity contribution < 1.29 is 9.90 Å². The van der Waals surface area contributed by atoms with Crippen LogP contribution in [0.1, 0.15) is 22.7 Å². The van der Waals surface area contributed by atoms with Gasteiger partial charge in [0.1, 0.15) is 0 Å². The quantitative estimate of drug-likeness (QED) is 0.652. The van der Waals surface area contributed by atoms with E-state index in [0.29, 0.717) is 19.4 Å². The second-order valence-corrected chi connectivity index (χ2v) is 6.73. The van der Waals surface area contributed by atoms with Crippen LogP contribution in [0.15, 0.2) is 67.0 Å². The maximum Gasteiger partial charge on any atom is 0.315 e. The monoisotopic (exact) mass is 362 g/mol. The van der Waals surface area contributed by atoms with Gasteiger partial charge in [0.2, 0.25) is 0 Å². The number of hydrogen-bond acceptors (Lipinski definition) is 3. The smallest absolute Gasteiger partial charge is 0.315 e. The van der Waals surface area contributed by atoms with Crippen LogP contribution in [-0.2, 0) is 12.8 Å². The molecule has 1 aliphatic rings. The molecule has 0 saturated carbocycles. The van der Waals surface area contributed by atoms with Gasteiger partial charge in [-0.05, 0) is 35.2 Å². The third-order valence-electron chi connectivity index (χ3n) is 4.85. The molecule has 0 spiro atoms. The molecule has 6 nitrogen and oxygen atoms in total. The highest BCUT2D eigenvalue weighted by Crippen LogP contribution is 2.30. The normalized spacial score (nSPS) is 18.1. The lowest BCUT2D eigenvalue weighted by molar-refractivity contribution is 0.142. The molecule has 27 heavy (non-hydrogen) atoms. The van der Waals surface area contributed by atoms with Crippen molar-refractivity contribution in [1.29, 1.82) is 0 Å². The van der Waals surface area contributed by atoms with Crippen LogP contribution in [-0.4, -0.2) is 33.6 Å². The van der Waals surface area contributed by atoms with Gasteiger partial charge in [0.25, 0.3) is 0 Å². The minimum absolute atomic E-state index is 0.272. The molecule has 0 saturated heterocycles. The Bertz CT molecular complexity index is 923. The largest absolute Gasteiger partial charge is 0.390 e. The van der Waals surface area contributed by atoms with E-state index < -0.39 is 6.10 Å². The topological polar surface area (TPSA) is 79.2 Å². The third kappa shape index (κ3) is 3.85. The lowest BCUT2D eigenvalue weighted by Gasteiger charge is -2.18. The van der Waals surface area contributed by atoms with E-state index in [2.05, 4.69) is 15.7 Å². The van der Waals surface area contributed by atoms with Crippen molar-refractivity contribution in [2.45, 2.75) is 25.0 Å². The number of benzene rings is 2.